The first kappa shape index (κ1) is 26.6. The molecule has 3 amide bonds. The molecule has 3 atom stereocenters. The molecule has 0 saturated heterocycles. The van der Waals surface area contributed by atoms with E-state index in [4.69, 9.17) is 15.0 Å². The first-order valence-electron chi connectivity index (χ1n) is 10.7. The van der Waals surface area contributed by atoms with Crippen LogP contribution in [0.3, 0.4) is 0 Å². The van der Waals surface area contributed by atoms with Crippen LogP contribution in [0.15, 0.2) is 0 Å². The number of hydrogen-bond acceptors (Lipinski definition) is 6. The van der Waals surface area contributed by atoms with E-state index in [0.29, 0.717) is 17.9 Å². The average molecular weight is 444 g/mol. The van der Waals surface area contributed by atoms with E-state index in [2.05, 4.69) is 26.1 Å². The van der Waals surface area contributed by atoms with Crippen LogP contribution >= 0.6 is 0 Å². The zero-order valence-corrected chi connectivity index (χ0v) is 21.1. The molecule has 0 radical (unpaired) electrons. The van der Waals surface area contributed by atoms with Crippen molar-refractivity contribution in [2.24, 2.45) is 11.8 Å². The number of carbonyl (C=O) groups excluding carboxylic acids is 3. The molecular weight excluding hydrogens is 402 g/mol. The van der Waals surface area contributed by atoms with Crippen molar-refractivity contribution in [3.8, 4) is 0 Å². The second-order valence-corrected chi connectivity index (χ2v) is 15.5. The first-order chi connectivity index (χ1) is 13.4. The van der Waals surface area contributed by atoms with Crippen LogP contribution in [0.1, 0.15) is 74.1 Å². The highest BCUT2D eigenvalue weighted by molar-refractivity contribution is 6.74. The Kier molecular flexibility index (Phi) is 8.67. The molecule has 1 saturated carbocycles. The first-order valence-corrected chi connectivity index (χ1v) is 13.7. The minimum absolute atomic E-state index is 0.0606. The van der Waals surface area contributed by atoms with E-state index >= 15 is 0 Å². The molecule has 1 aliphatic rings. The Morgan fingerprint density at radius 3 is 2.17 bits per heavy atom. The monoisotopic (exact) mass is 443 g/mol. The van der Waals surface area contributed by atoms with Gasteiger partial charge < -0.3 is 14.5 Å². The average Bonchev–Trinajstić information content (AvgIpc) is 2.56. The number of rotatable bonds is 5. The van der Waals surface area contributed by atoms with E-state index in [1.54, 1.807) is 27.7 Å². The number of amides is 3. The molecule has 0 bridgehead atoms. The molecular formula is C21H41N3O5Si. The highest BCUT2D eigenvalue weighted by Gasteiger charge is 2.41. The summed E-state index contributed by atoms with van der Waals surface area (Å²) in [6.45, 7) is 17.4. The SMILES string of the molecule is CC(O[Si](C)(C)C(C)(C)C)C(=O)N(N)C(=O)C1CCCC(NC(=O)OC(C)(C)C)C1. The van der Waals surface area contributed by atoms with Crippen molar-refractivity contribution in [1.29, 1.82) is 0 Å². The summed E-state index contributed by atoms with van der Waals surface area (Å²) in [6.07, 6.45) is 1.28. The number of alkyl carbamates (subject to hydrolysis) is 1. The molecule has 8 nitrogen and oxygen atoms in total. The second kappa shape index (κ2) is 9.78. The molecule has 1 aliphatic carbocycles. The van der Waals surface area contributed by atoms with Crippen molar-refractivity contribution in [1.82, 2.24) is 10.3 Å². The molecule has 30 heavy (non-hydrogen) atoms. The van der Waals surface area contributed by atoms with Crippen LogP contribution in [-0.4, -0.2) is 49.0 Å². The molecule has 0 heterocycles. The maximum Gasteiger partial charge on any atom is 0.407 e. The number of hydrazine groups is 1. The van der Waals surface area contributed by atoms with Gasteiger partial charge in [0, 0.05) is 12.0 Å². The molecule has 1 rings (SSSR count). The molecule has 0 aromatic rings. The third-order valence-corrected chi connectivity index (χ3v) is 10.4. The smallest absolute Gasteiger partial charge is 0.407 e. The largest absolute Gasteiger partial charge is 0.444 e. The Bertz CT molecular complexity index is 640. The number of hydrogen-bond donors (Lipinski definition) is 2. The van der Waals surface area contributed by atoms with Gasteiger partial charge in [0.15, 0.2) is 8.32 Å². The van der Waals surface area contributed by atoms with E-state index in [-0.39, 0.29) is 11.1 Å². The Hall–Kier alpha value is -1.45. The fraction of sp³-hybridized carbons (Fsp3) is 0.857. The van der Waals surface area contributed by atoms with Gasteiger partial charge in [-0.15, -0.1) is 0 Å². The Labute approximate surface area is 182 Å². The van der Waals surface area contributed by atoms with E-state index < -0.39 is 43.8 Å². The summed E-state index contributed by atoms with van der Waals surface area (Å²) in [4.78, 5) is 37.6. The number of ether oxygens (including phenoxy) is 1. The van der Waals surface area contributed by atoms with Crippen molar-refractivity contribution >= 4 is 26.2 Å². The maximum absolute atomic E-state index is 12.9. The second-order valence-electron chi connectivity index (χ2n) is 10.8. The van der Waals surface area contributed by atoms with Gasteiger partial charge in [0.05, 0.1) is 0 Å². The van der Waals surface area contributed by atoms with Crippen LogP contribution in [0.2, 0.25) is 18.1 Å². The van der Waals surface area contributed by atoms with Gasteiger partial charge in [-0.2, -0.15) is 0 Å². The summed E-state index contributed by atoms with van der Waals surface area (Å²) in [6, 6.07) is -0.188. The molecule has 9 heteroatoms. The fourth-order valence-corrected chi connectivity index (χ4v) is 4.53. The van der Waals surface area contributed by atoms with Gasteiger partial charge in [-0.3, -0.25) is 9.59 Å². The zero-order chi connectivity index (χ0) is 23.5. The standard InChI is InChI=1S/C21H41N3O5Si/c1-14(29-30(8,9)21(5,6)7)17(25)24(22)18(26)15-11-10-12-16(13-15)23-19(27)28-20(2,3)4/h14-16H,10-13,22H2,1-9H3,(H,23,27). The summed E-state index contributed by atoms with van der Waals surface area (Å²) >= 11 is 0. The summed E-state index contributed by atoms with van der Waals surface area (Å²) in [5, 5.41) is 3.47. The van der Waals surface area contributed by atoms with Crippen LogP contribution in [0.5, 0.6) is 0 Å². The van der Waals surface area contributed by atoms with Crippen LogP contribution in [0.25, 0.3) is 0 Å². The Morgan fingerprint density at radius 1 is 1.10 bits per heavy atom. The van der Waals surface area contributed by atoms with Gasteiger partial charge in [-0.1, -0.05) is 27.2 Å². The summed E-state index contributed by atoms with van der Waals surface area (Å²) in [7, 11) is -2.18. The minimum atomic E-state index is -2.18. The molecule has 1 fully saturated rings. The predicted molar refractivity (Wildman–Crippen MR) is 119 cm³/mol. The third kappa shape index (κ3) is 7.66. The van der Waals surface area contributed by atoms with Crippen LogP contribution in [0.4, 0.5) is 4.79 Å². The quantitative estimate of drug-likeness (QED) is 0.290. The van der Waals surface area contributed by atoms with E-state index in [9.17, 15) is 14.4 Å². The third-order valence-electron chi connectivity index (χ3n) is 5.84. The number of imide groups is 1. The molecule has 0 aromatic carbocycles. The summed E-state index contributed by atoms with van der Waals surface area (Å²) in [5.74, 6) is 4.52. The fourth-order valence-electron chi connectivity index (χ4n) is 3.19. The summed E-state index contributed by atoms with van der Waals surface area (Å²) in [5.41, 5.74) is -0.589. The lowest BCUT2D eigenvalue weighted by Gasteiger charge is -2.38. The lowest BCUT2D eigenvalue weighted by atomic mass is 9.85. The molecule has 3 N–H and O–H groups in total. The number of nitrogens with zero attached hydrogens (tertiary/aromatic N) is 1. The van der Waals surface area contributed by atoms with Crippen molar-refractivity contribution in [3.05, 3.63) is 0 Å². The Balaban J connectivity index is 2.70. The summed E-state index contributed by atoms with van der Waals surface area (Å²) < 4.78 is 11.4. The van der Waals surface area contributed by atoms with Gasteiger partial charge in [0.2, 0.25) is 5.91 Å². The predicted octanol–water partition coefficient (Wildman–Crippen LogP) is 3.71. The lowest BCUT2D eigenvalue weighted by molar-refractivity contribution is -0.153. The van der Waals surface area contributed by atoms with Crippen molar-refractivity contribution in [2.45, 2.75) is 110 Å². The van der Waals surface area contributed by atoms with Gasteiger partial charge in [-0.25, -0.2) is 15.6 Å². The van der Waals surface area contributed by atoms with Crippen LogP contribution < -0.4 is 11.2 Å². The minimum Gasteiger partial charge on any atom is -0.444 e. The zero-order valence-electron chi connectivity index (χ0n) is 20.1. The molecule has 0 spiro atoms. The highest BCUT2D eigenvalue weighted by atomic mass is 28.4. The molecule has 0 aliphatic heterocycles. The molecule has 0 aromatic heterocycles. The Morgan fingerprint density at radius 2 is 1.67 bits per heavy atom. The molecule has 174 valence electrons. The number of nitrogens with two attached hydrogens (primary N) is 1. The number of nitrogens with one attached hydrogen (secondary N) is 1. The highest BCUT2D eigenvalue weighted by Crippen LogP contribution is 2.37. The topological polar surface area (TPSA) is 111 Å². The van der Waals surface area contributed by atoms with E-state index in [1.807, 2.05) is 13.1 Å². The van der Waals surface area contributed by atoms with E-state index in [1.165, 1.54) is 0 Å². The van der Waals surface area contributed by atoms with Crippen molar-refractivity contribution in [3.63, 3.8) is 0 Å². The van der Waals surface area contributed by atoms with Gasteiger partial charge >= 0.3 is 6.09 Å². The van der Waals surface area contributed by atoms with Crippen LogP contribution in [0, 0.1) is 5.92 Å². The normalized spacial score (nSPS) is 21.5. The lowest BCUT2D eigenvalue weighted by Crippen LogP contribution is -2.54. The van der Waals surface area contributed by atoms with Gasteiger partial charge in [-0.05, 0) is 65.1 Å². The number of carbonyl (C=O) groups is 3. The van der Waals surface area contributed by atoms with Crippen LogP contribution in [-0.2, 0) is 18.8 Å². The van der Waals surface area contributed by atoms with Gasteiger partial charge in [0.1, 0.15) is 11.7 Å². The maximum atomic E-state index is 12.9. The van der Waals surface area contributed by atoms with Crippen molar-refractivity contribution in [2.75, 3.05) is 0 Å². The molecule has 3 unspecified atom stereocenters. The van der Waals surface area contributed by atoms with E-state index in [0.717, 1.165) is 12.8 Å². The van der Waals surface area contributed by atoms with Gasteiger partial charge in [0.25, 0.3) is 5.91 Å². The van der Waals surface area contributed by atoms with Crippen molar-refractivity contribution < 1.29 is 23.5 Å².